The van der Waals surface area contributed by atoms with Crippen LogP contribution in [0.2, 0.25) is 0 Å². The maximum Gasteiger partial charge on any atom is 0.415 e. The standard InChI is InChI=1S/C3HClF5/c4-1(2(5)6)3(7,8)9/h2H. The molecule has 0 heterocycles. The predicted molar refractivity (Wildman–Crippen MR) is 21.2 cm³/mol. The largest absolute Gasteiger partial charge is 0.415 e. The van der Waals surface area contributed by atoms with Gasteiger partial charge in [-0.2, -0.15) is 13.2 Å². The molecule has 0 aromatic heterocycles. The first-order valence-corrected chi connectivity index (χ1v) is 2.11. The van der Waals surface area contributed by atoms with Crippen LogP contribution in [0.4, 0.5) is 22.0 Å². The summed E-state index contributed by atoms with van der Waals surface area (Å²) in [5.74, 6) is 0. The Kier molecular flexibility index (Phi) is 2.66. The molecule has 0 nitrogen and oxygen atoms in total. The minimum absolute atomic E-state index is 2.28. The van der Waals surface area contributed by atoms with E-state index in [0.717, 1.165) is 0 Å². The lowest BCUT2D eigenvalue weighted by Gasteiger charge is -2.09. The van der Waals surface area contributed by atoms with Crippen LogP contribution in [0, 0.1) is 5.38 Å². The Hall–Kier alpha value is -0.0600. The molecule has 0 saturated carbocycles. The summed E-state index contributed by atoms with van der Waals surface area (Å²) in [7, 11) is 0. The summed E-state index contributed by atoms with van der Waals surface area (Å²) in [6, 6.07) is 0. The first kappa shape index (κ1) is 8.94. The maximum atomic E-state index is 11.1. The third-order valence-electron chi connectivity index (χ3n) is 0.462. The molecule has 9 heavy (non-hydrogen) atoms. The fourth-order valence-corrected chi connectivity index (χ4v) is 0.124. The van der Waals surface area contributed by atoms with Crippen LogP contribution in [0.25, 0.3) is 0 Å². The lowest BCUT2D eigenvalue weighted by Crippen LogP contribution is -2.21. The van der Waals surface area contributed by atoms with Gasteiger partial charge in [-0.25, -0.2) is 8.78 Å². The summed E-state index contributed by atoms with van der Waals surface area (Å²) in [5, 5.41) is -2.28. The summed E-state index contributed by atoms with van der Waals surface area (Å²) in [6.45, 7) is 0. The number of hydrogen-bond donors (Lipinski definition) is 0. The van der Waals surface area contributed by atoms with Gasteiger partial charge in [0.1, 0.15) is 0 Å². The highest BCUT2D eigenvalue weighted by Gasteiger charge is 2.45. The van der Waals surface area contributed by atoms with Gasteiger partial charge in [-0.1, -0.05) is 0 Å². The van der Waals surface area contributed by atoms with Crippen molar-refractivity contribution < 1.29 is 22.0 Å². The molecule has 6 heteroatoms. The van der Waals surface area contributed by atoms with Gasteiger partial charge >= 0.3 is 6.18 Å². The predicted octanol–water partition coefficient (Wildman–Crippen LogP) is 2.58. The normalized spacial score (nSPS) is 13.3. The Morgan fingerprint density at radius 1 is 1.22 bits per heavy atom. The quantitative estimate of drug-likeness (QED) is 0.527. The molecule has 0 aromatic rings. The van der Waals surface area contributed by atoms with Gasteiger partial charge in [0.15, 0.2) is 0 Å². The molecule has 0 N–H and O–H groups in total. The summed E-state index contributed by atoms with van der Waals surface area (Å²) in [6.07, 6.45) is -8.72. The van der Waals surface area contributed by atoms with Gasteiger partial charge in [-0.3, -0.25) is 0 Å². The van der Waals surface area contributed by atoms with Crippen molar-refractivity contribution in [3.8, 4) is 0 Å². The van der Waals surface area contributed by atoms with Crippen LogP contribution in [0.5, 0.6) is 0 Å². The lowest BCUT2D eigenvalue weighted by atomic mass is 10.4. The van der Waals surface area contributed by atoms with E-state index in [1.807, 2.05) is 0 Å². The van der Waals surface area contributed by atoms with Crippen molar-refractivity contribution >= 4 is 11.6 Å². The first-order chi connectivity index (χ1) is 3.85. The molecule has 55 valence electrons. The highest BCUT2D eigenvalue weighted by atomic mass is 35.5. The van der Waals surface area contributed by atoms with E-state index in [2.05, 4.69) is 11.6 Å². The Bertz CT molecular complexity index is 86.7. The number of hydrogen-bond acceptors (Lipinski definition) is 0. The zero-order chi connectivity index (χ0) is 7.65. The van der Waals surface area contributed by atoms with Crippen LogP contribution in [0.3, 0.4) is 0 Å². The molecule has 0 rings (SSSR count). The average molecular weight is 167 g/mol. The second-order valence-corrected chi connectivity index (χ2v) is 1.55. The zero-order valence-electron chi connectivity index (χ0n) is 3.85. The number of alkyl halides is 5. The van der Waals surface area contributed by atoms with Gasteiger partial charge in [-0.05, 0) is 0 Å². The van der Waals surface area contributed by atoms with Gasteiger partial charge in [0.25, 0.3) is 6.43 Å². The molecule has 1 radical (unpaired) electrons. The number of rotatable bonds is 1. The Balaban J connectivity index is 3.88. The van der Waals surface area contributed by atoms with Gasteiger partial charge in [0.2, 0.25) is 5.38 Å². The lowest BCUT2D eigenvalue weighted by molar-refractivity contribution is -0.122. The van der Waals surface area contributed by atoms with Crippen molar-refractivity contribution in [1.82, 2.24) is 0 Å². The second-order valence-electron chi connectivity index (χ2n) is 1.15. The topological polar surface area (TPSA) is 0 Å². The summed E-state index contributed by atoms with van der Waals surface area (Å²) < 4.78 is 55.2. The van der Waals surface area contributed by atoms with Crippen LogP contribution in [0.1, 0.15) is 0 Å². The molecule has 0 spiro atoms. The third-order valence-corrected chi connectivity index (χ3v) is 0.842. The third kappa shape index (κ3) is 2.84. The van der Waals surface area contributed by atoms with Crippen LogP contribution in [-0.2, 0) is 0 Å². The molecular formula is C3HClF5. The molecule has 0 aromatic carbocycles. The van der Waals surface area contributed by atoms with Gasteiger partial charge in [0.05, 0.1) is 0 Å². The van der Waals surface area contributed by atoms with E-state index >= 15 is 0 Å². The molecule has 0 amide bonds. The highest BCUT2D eigenvalue weighted by molar-refractivity contribution is 6.27. The molecule has 0 atom stereocenters. The van der Waals surface area contributed by atoms with Crippen molar-refractivity contribution in [3.05, 3.63) is 5.38 Å². The molecule has 0 fully saturated rings. The van der Waals surface area contributed by atoms with Crippen LogP contribution < -0.4 is 0 Å². The van der Waals surface area contributed by atoms with Crippen LogP contribution >= 0.6 is 11.6 Å². The van der Waals surface area contributed by atoms with Gasteiger partial charge in [-0.15, -0.1) is 11.6 Å². The van der Waals surface area contributed by atoms with Crippen LogP contribution in [-0.4, -0.2) is 12.6 Å². The van der Waals surface area contributed by atoms with Crippen molar-refractivity contribution in [3.63, 3.8) is 0 Å². The molecular weight excluding hydrogens is 166 g/mol. The van der Waals surface area contributed by atoms with E-state index in [1.165, 1.54) is 0 Å². The monoisotopic (exact) mass is 167 g/mol. The minimum Gasteiger partial charge on any atom is -0.208 e. The molecule has 0 unspecified atom stereocenters. The van der Waals surface area contributed by atoms with Crippen molar-refractivity contribution in [1.29, 1.82) is 0 Å². The Labute approximate surface area is 52.6 Å². The Morgan fingerprint density at radius 3 is 1.56 bits per heavy atom. The van der Waals surface area contributed by atoms with E-state index in [0.29, 0.717) is 0 Å². The molecule has 0 aliphatic rings. The molecule has 0 aliphatic carbocycles. The van der Waals surface area contributed by atoms with E-state index in [4.69, 9.17) is 0 Å². The molecule has 0 bridgehead atoms. The molecule has 0 saturated heterocycles. The summed E-state index contributed by atoms with van der Waals surface area (Å²) >= 11 is 4.13. The van der Waals surface area contributed by atoms with Crippen molar-refractivity contribution in [2.75, 3.05) is 0 Å². The Morgan fingerprint density at radius 2 is 1.56 bits per heavy atom. The molecule has 0 aliphatic heterocycles. The van der Waals surface area contributed by atoms with E-state index in [9.17, 15) is 22.0 Å². The zero-order valence-corrected chi connectivity index (χ0v) is 4.60. The van der Waals surface area contributed by atoms with E-state index in [1.54, 1.807) is 0 Å². The maximum absolute atomic E-state index is 11.1. The second kappa shape index (κ2) is 2.68. The summed E-state index contributed by atoms with van der Waals surface area (Å²) in [5.41, 5.74) is 0. The first-order valence-electron chi connectivity index (χ1n) is 1.73. The van der Waals surface area contributed by atoms with Crippen molar-refractivity contribution in [2.45, 2.75) is 12.6 Å². The van der Waals surface area contributed by atoms with Crippen LogP contribution in [0.15, 0.2) is 0 Å². The van der Waals surface area contributed by atoms with Gasteiger partial charge in [0, 0.05) is 0 Å². The highest BCUT2D eigenvalue weighted by Crippen LogP contribution is 2.35. The van der Waals surface area contributed by atoms with E-state index < -0.39 is 18.0 Å². The van der Waals surface area contributed by atoms with E-state index in [-0.39, 0.29) is 0 Å². The van der Waals surface area contributed by atoms with Crippen molar-refractivity contribution in [2.24, 2.45) is 0 Å². The minimum atomic E-state index is -5.09. The smallest absolute Gasteiger partial charge is 0.208 e. The summed E-state index contributed by atoms with van der Waals surface area (Å²) in [4.78, 5) is 0. The SMILES string of the molecule is FC(F)[C](Cl)C(F)(F)F. The average Bonchev–Trinajstić information content (AvgIpc) is 1.62. The fraction of sp³-hybridized carbons (Fsp3) is 0.667. The number of halogens is 6. The van der Waals surface area contributed by atoms with Gasteiger partial charge < -0.3 is 0 Å². The fourth-order valence-electron chi connectivity index (χ4n) is 0.124.